The maximum atomic E-state index is 12.7. The second-order valence-corrected chi connectivity index (χ2v) is 13.3. The topological polar surface area (TPSA) is 76.6 Å². The molecule has 1 aliphatic rings. The third-order valence-electron chi connectivity index (χ3n) is 7.67. The van der Waals surface area contributed by atoms with Crippen LogP contribution >= 0.6 is 34.8 Å². The Bertz CT molecular complexity index is 1750. The summed E-state index contributed by atoms with van der Waals surface area (Å²) >= 11 is 20.9. The lowest BCUT2D eigenvalue weighted by Gasteiger charge is -2.29. The normalized spacial score (nSPS) is 13.3. The predicted molar refractivity (Wildman–Crippen MR) is 183 cm³/mol. The number of hydrogen-bond donors (Lipinski definition) is 1. The molecule has 1 amide bonds. The first-order chi connectivity index (χ1) is 22.0. The Balaban J connectivity index is 1.43. The van der Waals surface area contributed by atoms with Crippen molar-refractivity contribution in [1.82, 2.24) is 20.2 Å². The van der Waals surface area contributed by atoms with Crippen LogP contribution in [0.5, 0.6) is 5.88 Å². The van der Waals surface area contributed by atoms with E-state index in [0.29, 0.717) is 74.1 Å². The summed E-state index contributed by atoms with van der Waals surface area (Å²) in [4.78, 5) is 23.7. The number of nitrogens with one attached hydrogen (secondary N) is 1. The van der Waals surface area contributed by atoms with Crippen molar-refractivity contribution in [1.29, 1.82) is 0 Å². The number of carbonyl (C=O) groups is 1. The summed E-state index contributed by atoms with van der Waals surface area (Å²) in [6, 6.07) is 15.1. The highest BCUT2D eigenvalue weighted by atomic mass is 35.5. The van der Waals surface area contributed by atoms with Crippen LogP contribution in [-0.2, 0) is 24.3 Å². The molecule has 0 unspecified atom stereocenters. The number of hydrogen-bond acceptors (Lipinski definition) is 6. The van der Waals surface area contributed by atoms with Crippen LogP contribution in [0.15, 0.2) is 54.7 Å². The summed E-state index contributed by atoms with van der Waals surface area (Å²) < 4.78 is 23.6. The van der Waals surface area contributed by atoms with Gasteiger partial charge in [-0.1, -0.05) is 53.0 Å². The van der Waals surface area contributed by atoms with Crippen LogP contribution in [-0.4, -0.2) is 53.4 Å². The second-order valence-electron chi connectivity index (χ2n) is 12.2. The molecule has 0 saturated heterocycles. The monoisotopic (exact) mass is 684 g/mol. The lowest BCUT2D eigenvalue weighted by atomic mass is 9.94. The number of ether oxygens (including phenoxy) is 2. The van der Waals surface area contributed by atoms with Gasteiger partial charge >= 0.3 is 6.09 Å². The highest BCUT2D eigenvalue weighted by Gasteiger charge is 2.23. The number of alkyl carbamates (subject to hydrolysis) is 1. The van der Waals surface area contributed by atoms with E-state index in [1.807, 2.05) is 51.1 Å². The molecule has 0 bridgehead atoms. The van der Waals surface area contributed by atoms with E-state index in [9.17, 15) is 9.18 Å². The number of nitrogens with zero attached hydrogens (tertiary/aromatic N) is 3. The Labute approximate surface area is 284 Å². The van der Waals surface area contributed by atoms with Crippen molar-refractivity contribution < 1.29 is 18.7 Å². The van der Waals surface area contributed by atoms with Gasteiger partial charge < -0.3 is 14.8 Å². The number of halogens is 4. The van der Waals surface area contributed by atoms with Crippen molar-refractivity contribution >= 4 is 40.9 Å². The molecule has 0 saturated carbocycles. The third kappa shape index (κ3) is 7.74. The van der Waals surface area contributed by atoms with Gasteiger partial charge in [0.15, 0.2) is 0 Å². The number of benzene rings is 2. The Morgan fingerprint density at radius 1 is 1.04 bits per heavy atom. The van der Waals surface area contributed by atoms with Crippen molar-refractivity contribution in [2.45, 2.75) is 52.3 Å². The molecule has 5 rings (SSSR count). The first kappa shape index (κ1) is 33.9. The zero-order valence-electron chi connectivity index (χ0n) is 26.2. The molecule has 1 aliphatic heterocycles. The average Bonchev–Trinajstić information content (AvgIpc) is 3.02. The molecule has 46 heavy (non-hydrogen) atoms. The van der Waals surface area contributed by atoms with Crippen LogP contribution in [0.1, 0.15) is 43.9 Å². The number of alkyl halides is 1. The van der Waals surface area contributed by atoms with E-state index in [-0.39, 0.29) is 13.3 Å². The molecular weight excluding hydrogens is 650 g/mol. The molecule has 0 radical (unpaired) electrons. The van der Waals surface area contributed by atoms with E-state index >= 15 is 0 Å². The fourth-order valence-electron chi connectivity index (χ4n) is 5.47. The molecule has 242 valence electrons. The zero-order chi connectivity index (χ0) is 33.0. The van der Waals surface area contributed by atoms with Gasteiger partial charge in [0.25, 0.3) is 0 Å². The predicted octanol–water partition coefficient (Wildman–Crippen LogP) is 9.19. The summed E-state index contributed by atoms with van der Waals surface area (Å²) in [7, 11) is 1.51. The van der Waals surface area contributed by atoms with Gasteiger partial charge in [0.1, 0.15) is 6.61 Å². The maximum absolute atomic E-state index is 12.7. The lowest BCUT2D eigenvalue weighted by Crippen LogP contribution is -2.40. The summed E-state index contributed by atoms with van der Waals surface area (Å²) in [5.41, 5.74) is 6.51. The Morgan fingerprint density at radius 3 is 2.54 bits per heavy atom. The molecule has 0 fully saturated rings. The van der Waals surface area contributed by atoms with E-state index in [1.165, 1.54) is 7.11 Å². The molecule has 2 aromatic heterocycles. The van der Waals surface area contributed by atoms with E-state index < -0.39 is 11.6 Å². The molecule has 2 aromatic carbocycles. The fourth-order valence-corrected chi connectivity index (χ4v) is 6.41. The number of rotatable bonds is 9. The van der Waals surface area contributed by atoms with Gasteiger partial charge in [0, 0.05) is 58.6 Å². The average molecular weight is 686 g/mol. The van der Waals surface area contributed by atoms with Gasteiger partial charge in [-0.3, -0.25) is 14.3 Å². The standard InChI is InChI=1S/C35H36Cl3FN4O3/c1-35(2,3)42-34(44)46-20-22-9-10-29(41-33(22)45-4)26-8-5-7-24(30(26)37)25-11-14-40-32(31(25)38)23-17-21-12-16-43(15-6-13-39)19-27(21)28(36)18-23/h5,7-11,14,17-18H,6,12-13,15-16,19-20H2,1-4H3,(H,42,44). The molecule has 7 nitrogen and oxygen atoms in total. The number of fused-ring (bicyclic) bond motifs is 1. The van der Waals surface area contributed by atoms with Gasteiger partial charge in [0.05, 0.1) is 40.8 Å². The van der Waals surface area contributed by atoms with Crippen LogP contribution in [0.4, 0.5) is 9.18 Å². The van der Waals surface area contributed by atoms with Gasteiger partial charge in [-0.05, 0) is 75.1 Å². The SMILES string of the molecule is COc1nc(-c2cccc(-c3ccnc(-c4cc(Cl)c5c(c4)CCN(CCCF)C5)c3Cl)c2Cl)ccc1COC(=O)NC(C)(C)C. The Morgan fingerprint density at radius 2 is 1.80 bits per heavy atom. The number of pyridine rings is 2. The lowest BCUT2D eigenvalue weighted by molar-refractivity contribution is 0.130. The Kier molecular flexibility index (Phi) is 10.7. The second kappa shape index (κ2) is 14.6. The highest BCUT2D eigenvalue weighted by Crippen LogP contribution is 2.42. The van der Waals surface area contributed by atoms with Crippen LogP contribution in [0.2, 0.25) is 15.1 Å². The van der Waals surface area contributed by atoms with Gasteiger partial charge in [-0.15, -0.1) is 0 Å². The van der Waals surface area contributed by atoms with Crippen LogP contribution in [0.25, 0.3) is 33.6 Å². The number of amides is 1. The third-order valence-corrected chi connectivity index (χ3v) is 8.80. The van der Waals surface area contributed by atoms with Crippen molar-refractivity contribution in [3.8, 4) is 39.5 Å². The fraction of sp³-hybridized carbons (Fsp3) is 0.343. The summed E-state index contributed by atoms with van der Waals surface area (Å²) in [6.45, 7) is 7.53. The zero-order valence-corrected chi connectivity index (χ0v) is 28.5. The van der Waals surface area contributed by atoms with Crippen molar-refractivity contribution in [2.75, 3.05) is 26.9 Å². The minimum absolute atomic E-state index is 0.00829. The van der Waals surface area contributed by atoms with E-state index in [4.69, 9.17) is 44.3 Å². The summed E-state index contributed by atoms with van der Waals surface area (Å²) in [6.07, 6.45) is 2.50. The first-order valence-electron chi connectivity index (χ1n) is 15.0. The quantitative estimate of drug-likeness (QED) is 0.189. The molecule has 11 heteroatoms. The van der Waals surface area contributed by atoms with Crippen molar-refractivity contribution in [2.24, 2.45) is 0 Å². The Hall–Kier alpha value is -3.43. The largest absolute Gasteiger partial charge is 0.481 e. The van der Waals surface area contributed by atoms with Gasteiger partial charge in [-0.25, -0.2) is 9.78 Å². The summed E-state index contributed by atoms with van der Waals surface area (Å²) in [5, 5.41) is 4.31. The molecule has 3 heterocycles. The molecule has 4 aromatic rings. The van der Waals surface area contributed by atoms with Crippen LogP contribution in [0.3, 0.4) is 0 Å². The number of methoxy groups -OCH3 is 1. The maximum Gasteiger partial charge on any atom is 0.407 e. The van der Waals surface area contributed by atoms with Crippen molar-refractivity contribution in [3.63, 3.8) is 0 Å². The van der Waals surface area contributed by atoms with E-state index in [2.05, 4.69) is 26.3 Å². The molecule has 0 atom stereocenters. The van der Waals surface area contributed by atoms with E-state index in [0.717, 1.165) is 29.7 Å². The smallest absolute Gasteiger partial charge is 0.407 e. The number of aromatic nitrogens is 2. The number of carbonyl (C=O) groups excluding carboxylic acids is 1. The molecular formula is C35H36Cl3FN4O3. The summed E-state index contributed by atoms with van der Waals surface area (Å²) in [5.74, 6) is 0.321. The van der Waals surface area contributed by atoms with Crippen LogP contribution in [0, 0.1) is 0 Å². The van der Waals surface area contributed by atoms with E-state index in [1.54, 1.807) is 18.3 Å². The minimum Gasteiger partial charge on any atom is -0.481 e. The molecule has 0 spiro atoms. The highest BCUT2D eigenvalue weighted by molar-refractivity contribution is 6.39. The van der Waals surface area contributed by atoms with Crippen molar-refractivity contribution in [3.05, 3.63) is 86.5 Å². The van der Waals surface area contributed by atoms with Crippen LogP contribution < -0.4 is 10.1 Å². The van der Waals surface area contributed by atoms with Gasteiger partial charge in [0.2, 0.25) is 5.88 Å². The first-order valence-corrected chi connectivity index (χ1v) is 16.1. The minimum atomic E-state index is -0.530. The molecule has 1 N–H and O–H groups in total. The van der Waals surface area contributed by atoms with Gasteiger partial charge in [-0.2, -0.15) is 0 Å². The molecule has 0 aliphatic carbocycles.